The Morgan fingerprint density at radius 3 is 2.89 bits per heavy atom. The van der Waals surface area contributed by atoms with Crippen molar-refractivity contribution in [2.75, 3.05) is 0 Å². The first-order chi connectivity index (χ1) is 4.33. The molecule has 0 radical (unpaired) electrons. The predicted molar refractivity (Wildman–Crippen MR) is 35.1 cm³/mol. The predicted octanol–water partition coefficient (Wildman–Crippen LogP) is 1.05. The summed E-state index contributed by atoms with van der Waals surface area (Å²) in [5, 5.41) is 0. The molecule has 0 unspecified atom stereocenters. The van der Waals surface area contributed by atoms with Crippen LogP contribution in [-0.2, 0) is 0 Å². The van der Waals surface area contributed by atoms with Crippen molar-refractivity contribution in [3.63, 3.8) is 0 Å². The van der Waals surface area contributed by atoms with Crippen molar-refractivity contribution in [3.05, 3.63) is 22.7 Å². The minimum atomic E-state index is 0.198. The van der Waals surface area contributed by atoms with Gasteiger partial charge < -0.3 is 0 Å². The van der Waals surface area contributed by atoms with E-state index in [1.807, 2.05) is 0 Å². The van der Waals surface area contributed by atoms with Crippen molar-refractivity contribution in [2.45, 2.75) is 0 Å². The second-order valence-corrected chi connectivity index (χ2v) is 2.17. The number of aromatic nitrogens is 2. The average molecular weight is 187 g/mol. The van der Waals surface area contributed by atoms with Gasteiger partial charge in [0.05, 0.1) is 0 Å². The van der Waals surface area contributed by atoms with Crippen LogP contribution in [0.2, 0.25) is 0 Å². The van der Waals surface area contributed by atoms with E-state index in [1.165, 1.54) is 6.20 Å². The van der Waals surface area contributed by atoms with Gasteiger partial charge in [-0.3, -0.25) is 4.79 Å². The van der Waals surface area contributed by atoms with E-state index in [0.717, 1.165) is 0 Å². The summed E-state index contributed by atoms with van der Waals surface area (Å²) < 4.78 is 0.625. The lowest BCUT2D eigenvalue weighted by Gasteiger charge is -1.86. The van der Waals surface area contributed by atoms with E-state index in [1.54, 1.807) is 6.07 Å². The molecule has 1 aromatic heterocycles. The van der Waals surface area contributed by atoms with Gasteiger partial charge in [-0.2, -0.15) is 0 Å². The van der Waals surface area contributed by atoms with E-state index >= 15 is 0 Å². The Balaban J connectivity index is 3.07. The molecular formula is C5H3BrN2O. The van der Waals surface area contributed by atoms with Crippen molar-refractivity contribution in [1.29, 1.82) is 0 Å². The summed E-state index contributed by atoms with van der Waals surface area (Å²) in [6.45, 7) is 0. The molecule has 1 heterocycles. The normalized spacial score (nSPS) is 9.00. The van der Waals surface area contributed by atoms with Crippen LogP contribution in [0.3, 0.4) is 0 Å². The van der Waals surface area contributed by atoms with Crippen LogP contribution in [0.25, 0.3) is 0 Å². The molecule has 0 spiro atoms. The summed E-state index contributed by atoms with van der Waals surface area (Å²) in [7, 11) is 0. The average Bonchev–Trinajstić information content (AvgIpc) is 1.88. The zero-order valence-electron chi connectivity index (χ0n) is 4.41. The Morgan fingerprint density at radius 1 is 1.67 bits per heavy atom. The number of hydrogen-bond acceptors (Lipinski definition) is 3. The monoisotopic (exact) mass is 186 g/mol. The molecule has 0 aliphatic rings. The third kappa shape index (κ3) is 1.57. The minimum absolute atomic E-state index is 0.198. The van der Waals surface area contributed by atoms with E-state index < -0.39 is 0 Å². The Bertz CT molecular complexity index is 226. The third-order valence-corrected chi connectivity index (χ3v) is 1.19. The van der Waals surface area contributed by atoms with Crippen LogP contribution >= 0.6 is 15.9 Å². The van der Waals surface area contributed by atoms with Crippen LogP contribution in [-0.4, -0.2) is 16.3 Å². The Morgan fingerprint density at radius 2 is 2.44 bits per heavy atom. The summed E-state index contributed by atoms with van der Waals surface area (Å²) in [4.78, 5) is 17.4. The minimum Gasteiger partial charge on any atom is -0.294 e. The van der Waals surface area contributed by atoms with Crippen LogP contribution in [0.4, 0.5) is 0 Å². The van der Waals surface area contributed by atoms with Crippen LogP contribution < -0.4 is 0 Å². The second kappa shape index (κ2) is 2.68. The summed E-state index contributed by atoms with van der Waals surface area (Å²) >= 11 is 3.09. The first-order valence-corrected chi connectivity index (χ1v) is 3.06. The molecule has 46 valence electrons. The maximum atomic E-state index is 10.0. The van der Waals surface area contributed by atoms with Gasteiger partial charge in [-0.1, -0.05) is 0 Å². The summed E-state index contributed by atoms with van der Waals surface area (Å²) in [6, 6.07) is 1.66. The largest absolute Gasteiger partial charge is 0.294 e. The first-order valence-electron chi connectivity index (χ1n) is 2.26. The van der Waals surface area contributed by atoms with Gasteiger partial charge in [-0.25, -0.2) is 9.97 Å². The highest BCUT2D eigenvalue weighted by atomic mass is 79.9. The van der Waals surface area contributed by atoms with Crippen molar-refractivity contribution in [1.82, 2.24) is 9.97 Å². The molecule has 0 saturated carbocycles. The molecule has 0 atom stereocenters. The number of aldehydes is 1. The van der Waals surface area contributed by atoms with Gasteiger partial charge in [0.1, 0.15) is 4.60 Å². The Labute approximate surface area is 60.3 Å². The van der Waals surface area contributed by atoms with Gasteiger partial charge in [0.25, 0.3) is 0 Å². The third-order valence-electron chi connectivity index (χ3n) is 0.746. The summed E-state index contributed by atoms with van der Waals surface area (Å²) in [5.41, 5.74) is 0. The van der Waals surface area contributed by atoms with Gasteiger partial charge in [0, 0.05) is 6.20 Å². The van der Waals surface area contributed by atoms with Crippen molar-refractivity contribution >= 4 is 22.2 Å². The fraction of sp³-hybridized carbons (Fsp3) is 0. The Hall–Kier alpha value is -0.770. The highest BCUT2D eigenvalue weighted by Gasteiger charge is 1.90. The van der Waals surface area contributed by atoms with Crippen LogP contribution in [0.1, 0.15) is 10.6 Å². The van der Waals surface area contributed by atoms with E-state index in [2.05, 4.69) is 25.9 Å². The smallest absolute Gasteiger partial charge is 0.193 e. The number of carbonyl (C=O) groups excluding carboxylic acids is 1. The fourth-order valence-corrected chi connectivity index (χ4v) is 0.707. The maximum Gasteiger partial charge on any atom is 0.193 e. The van der Waals surface area contributed by atoms with Gasteiger partial charge in [-0.15, -0.1) is 0 Å². The topological polar surface area (TPSA) is 42.9 Å². The molecule has 4 heteroatoms. The van der Waals surface area contributed by atoms with Crippen molar-refractivity contribution in [3.8, 4) is 0 Å². The van der Waals surface area contributed by atoms with E-state index in [-0.39, 0.29) is 5.82 Å². The SMILES string of the molecule is O=Cc1nccc(Br)n1. The lowest BCUT2D eigenvalue weighted by molar-refractivity contribution is 0.111. The molecule has 1 aromatic rings. The number of nitrogens with zero attached hydrogens (tertiary/aromatic N) is 2. The zero-order chi connectivity index (χ0) is 6.69. The lowest BCUT2D eigenvalue weighted by Crippen LogP contribution is -1.89. The molecule has 0 fully saturated rings. The zero-order valence-corrected chi connectivity index (χ0v) is 6.00. The van der Waals surface area contributed by atoms with Crippen molar-refractivity contribution in [2.24, 2.45) is 0 Å². The Kier molecular flexibility index (Phi) is 1.89. The van der Waals surface area contributed by atoms with Crippen LogP contribution in [0.15, 0.2) is 16.9 Å². The maximum absolute atomic E-state index is 10.0. The fourth-order valence-electron chi connectivity index (χ4n) is 0.407. The molecule has 0 N–H and O–H groups in total. The highest BCUT2D eigenvalue weighted by molar-refractivity contribution is 9.10. The van der Waals surface area contributed by atoms with Gasteiger partial charge in [-0.05, 0) is 22.0 Å². The van der Waals surface area contributed by atoms with Crippen LogP contribution in [0, 0.1) is 0 Å². The quantitative estimate of drug-likeness (QED) is 0.487. The van der Waals surface area contributed by atoms with E-state index in [0.29, 0.717) is 10.9 Å². The molecule has 0 bridgehead atoms. The van der Waals surface area contributed by atoms with Crippen LogP contribution in [0.5, 0.6) is 0 Å². The van der Waals surface area contributed by atoms with Gasteiger partial charge in [0.2, 0.25) is 0 Å². The number of halogens is 1. The molecular weight excluding hydrogens is 184 g/mol. The molecule has 0 aliphatic carbocycles. The summed E-state index contributed by atoms with van der Waals surface area (Å²) in [5.74, 6) is 0.198. The highest BCUT2D eigenvalue weighted by Crippen LogP contribution is 2.01. The molecule has 0 amide bonds. The van der Waals surface area contributed by atoms with E-state index in [9.17, 15) is 4.79 Å². The summed E-state index contributed by atoms with van der Waals surface area (Å²) in [6.07, 6.45) is 2.12. The molecule has 1 rings (SSSR count). The van der Waals surface area contributed by atoms with Gasteiger partial charge >= 0.3 is 0 Å². The second-order valence-electron chi connectivity index (χ2n) is 1.36. The molecule has 0 aromatic carbocycles. The molecule has 0 aliphatic heterocycles. The molecule has 3 nitrogen and oxygen atoms in total. The first kappa shape index (κ1) is 6.35. The standard InChI is InChI=1S/C5H3BrN2O/c6-4-1-2-7-5(3-9)8-4/h1-3H. The van der Waals surface area contributed by atoms with Crippen molar-refractivity contribution < 1.29 is 4.79 Å². The van der Waals surface area contributed by atoms with Gasteiger partial charge in [0.15, 0.2) is 12.1 Å². The molecule has 0 saturated heterocycles. The molecule has 9 heavy (non-hydrogen) atoms. The number of rotatable bonds is 1. The number of carbonyl (C=O) groups is 1. The lowest BCUT2D eigenvalue weighted by atomic mass is 10.6. The van der Waals surface area contributed by atoms with E-state index in [4.69, 9.17) is 0 Å². The number of hydrogen-bond donors (Lipinski definition) is 0.